The first-order chi connectivity index (χ1) is 20.8. The van der Waals surface area contributed by atoms with Gasteiger partial charge >= 0.3 is 6.18 Å². The minimum absolute atomic E-state index is 0.0147. The Balaban J connectivity index is 1.22. The summed E-state index contributed by atoms with van der Waals surface area (Å²) in [5.74, 6) is -2.22. The lowest BCUT2D eigenvalue weighted by Gasteiger charge is -2.33. The van der Waals surface area contributed by atoms with E-state index < -0.39 is 30.0 Å². The molecule has 0 radical (unpaired) electrons. The lowest BCUT2D eigenvalue weighted by Crippen LogP contribution is -2.44. The van der Waals surface area contributed by atoms with Gasteiger partial charge in [-0.1, -0.05) is 35.5 Å². The highest BCUT2D eigenvalue weighted by Crippen LogP contribution is 2.40. The van der Waals surface area contributed by atoms with Crippen LogP contribution in [0.25, 0.3) is 0 Å². The maximum atomic E-state index is 13.6. The number of pyridine rings is 1. The van der Waals surface area contributed by atoms with Crippen LogP contribution in [-0.2, 0) is 20.9 Å². The highest BCUT2D eigenvalue weighted by atomic mass is 19.4. The van der Waals surface area contributed by atoms with Crippen LogP contribution in [0.4, 0.5) is 19.0 Å². The van der Waals surface area contributed by atoms with Crippen molar-refractivity contribution in [3.8, 4) is 5.75 Å². The van der Waals surface area contributed by atoms with E-state index in [9.17, 15) is 22.8 Å². The smallest absolute Gasteiger partial charge is 0.391 e. The molecule has 0 unspecified atom stereocenters. The van der Waals surface area contributed by atoms with Crippen LogP contribution in [-0.4, -0.2) is 65.1 Å². The van der Waals surface area contributed by atoms with Crippen LogP contribution >= 0.6 is 0 Å². The number of nitrogens with zero attached hydrogens (tertiary/aromatic N) is 3. The maximum absolute atomic E-state index is 13.6. The van der Waals surface area contributed by atoms with Gasteiger partial charge in [0.25, 0.3) is 5.91 Å². The second-order valence-electron chi connectivity index (χ2n) is 10.7. The Kier molecular flexibility index (Phi) is 9.93. The zero-order chi connectivity index (χ0) is 30.2. The van der Waals surface area contributed by atoms with Gasteiger partial charge in [0, 0.05) is 24.7 Å². The summed E-state index contributed by atoms with van der Waals surface area (Å²) >= 11 is 0. The molecule has 3 heterocycles. The number of rotatable bonds is 11. The van der Waals surface area contributed by atoms with E-state index in [0.717, 1.165) is 5.56 Å². The second-order valence-corrected chi connectivity index (χ2v) is 10.7. The van der Waals surface area contributed by atoms with Gasteiger partial charge in [0.15, 0.2) is 17.3 Å². The second kappa shape index (κ2) is 14.0. The molecule has 2 amide bonds. The first-order valence-corrected chi connectivity index (χ1v) is 14.2. The summed E-state index contributed by atoms with van der Waals surface area (Å²) in [7, 11) is 0. The SMILES string of the molecule is O=C(Nc1ccon1)c1ncccc1OC[C@H]1C[C@@H](OCOCc2ccccc2)CN1C(=O)C1CCC(C(F)(F)F)CC1. The van der Waals surface area contributed by atoms with E-state index in [4.69, 9.17) is 18.7 Å². The molecule has 2 atom stereocenters. The van der Waals surface area contributed by atoms with Crippen molar-refractivity contribution >= 4 is 17.6 Å². The Morgan fingerprint density at radius 1 is 1.05 bits per heavy atom. The number of halogens is 3. The molecule has 2 fully saturated rings. The fourth-order valence-electron chi connectivity index (χ4n) is 5.52. The Hall–Kier alpha value is -3.97. The van der Waals surface area contributed by atoms with Crippen LogP contribution in [0.15, 0.2) is 65.5 Å². The number of likely N-dealkylation sites (tertiary alicyclic amines) is 1. The van der Waals surface area contributed by atoms with E-state index >= 15 is 0 Å². The molecule has 1 saturated heterocycles. The van der Waals surface area contributed by atoms with E-state index in [1.165, 1.54) is 18.5 Å². The lowest BCUT2D eigenvalue weighted by atomic mass is 9.81. The molecule has 43 heavy (non-hydrogen) atoms. The predicted octanol–water partition coefficient (Wildman–Crippen LogP) is 5.23. The lowest BCUT2D eigenvalue weighted by molar-refractivity contribution is -0.185. The molecule has 1 aliphatic carbocycles. The highest BCUT2D eigenvalue weighted by Gasteiger charge is 2.45. The number of hydrogen-bond acceptors (Lipinski definition) is 8. The van der Waals surface area contributed by atoms with Crippen molar-refractivity contribution in [3.63, 3.8) is 0 Å². The summed E-state index contributed by atoms with van der Waals surface area (Å²) in [6.07, 6.45) is -1.20. The molecule has 5 rings (SSSR count). The molecule has 230 valence electrons. The van der Waals surface area contributed by atoms with Gasteiger partial charge < -0.3 is 29.0 Å². The number of benzene rings is 1. The van der Waals surface area contributed by atoms with Gasteiger partial charge in [0.2, 0.25) is 5.91 Å². The zero-order valence-electron chi connectivity index (χ0n) is 23.4. The van der Waals surface area contributed by atoms with Crippen molar-refractivity contribution in [2.75, 3.05) is 25.3 Å². The van der Waals surface area contributed by atoms with E-state index in [0.29, 0.717) is 13.0 Å². The van der Waals surface area contributed by atoms with Gasteiger partial charge in [-0.05, 0) is 49.8 Å². The van der Waals surface area contributed by atoms with Crippen molar-refractivity contribution in [2.45, 2.75) is 57.0 Å². The third kappa shape index (κ3) is 8.11. The molecule has 2 aromatic heterocycles. The van der Waals surface area contributed by atoms with Crippen LogP contribution in [0.3, 0.4) is 0 Å². The molecule has 1 aromatic carbocycles. The number of amides is 2. The van der Waals surface area contributed by atoms with E-state index in [1.54, 1.807) is 17.0 Å². The summed E-state index contributed by atoms with van der Waals surface area (Å²) in [6.45, 7) is 0.670. The summed E-state index contributed by atoms with van der Waals surface area (Å²) < 4.78 is 62.0. The van der Waals surface area contributed by atoms with Gasteiger partial charge in [-0.2, -0.15) is 13.2 Å². The topological polar surface area (TPSA) is 116 Å². The van der Waals surface area contributed by atoms with Crippen molar-refractivity contribution in [1.29, 1.82) is 0 Å². The number of nitrogens with one attached hydrogen (secondary N) is 1. The molecule has 1 saturated carbocycles. The van der Waals surface area contributed by atoms with Gasteiger partial charge in [0.1, 0.15) is 19.7 Å². The number of anilines is 1. The third-order valence-corrected chi connectivity index (χ3v) is 7.79. The van der Waals surface area contributed by atoms with Gasteiger partial charge in [-0.15, -0.1) is 0 Å². The minimum Gasteiger partial charge on any atom is -0.489 e. The molecule has 0 bridgehead atoms. The number of carbonyl (C=O) groups excluding carboxylic acids is 2. The van der Waals surface area contributed by atoms with Crippen LogP contribution in [0.1, 0.15) is 48.2 Å². The predicted molar refractivity (Wildman–Crippen MR) is 147 cm³/mol. The Morgan fingerprint density at radius 2 is 1.84 bits per heavy atom. The zero-order valence-corrected chi connectivity index (χ0v) is 23.4. The van der Waals surface area contributed by atoms with E-state index in [1.807, 2.05) is 30.3 Å². The Bertz CT molecular complexity index is 1330. The summed E-state index contributed by atoms with van der Waals surface area (Å²) in [6, 6.07) is 13.9. The third-order valence-electron chi connectivity index (χ3n) is 7.79. The van der Waals surface area contributed by atoms with E-state index in [-0.39, 0.29) is 74.9 Å². The molecule has 1 aliphatic heterocycles. The summed E-state index contributed by atoms with van der Waals surface area (Å²) in [4.78, 5) is 32.2. The number of carbonyl (C=O) groups is 2. The van der Waals surface area contributed by atoms with Crippen molar-refractivity contribution in [1.82, 2.24) is 15.0 Å². The monoisotopic (exact) mass is 602 g/mol. The van der Waals surface area contributed by atoms with E-state index in [2.05, 4.69) is 15.5 Å². The molecule has 2 aliphatic rings. The first kappa shape index (κ1) is 30.5. The van der Waals surface area contributed by atoms with Gasteiger partial charge in [-0.25, -0.2) is 4.98 Å². The standard InChI is InChI=1S/C30H33F3N4O6/c31-30(32,33)22-10-8-21(9-11-22)29(39)37-16-24(42-19-40-17-20-5-2-1-3-6-20)15-23(37)18-41-25-7-4-13-34-27(25)28(38)35-26-12-14-43-36-26/h1-7,12-14,21-24H,8-11,15-19H2,(H,35,36,38)/t21?,22?,23-,24-/m1/s1. The van der Waals surface area contributed by atoms with Crippen LogP contribution in [0.2, 0.25) is 0 Å². The quantitative estimate of drug-likeness (QED) is 0.234. The minimum atomic E-state index is -4.25. The number of hydrogen-bond donors (Lipinski definition) is 1. The molecule has 1 N–H and O–H groups in total. The van der Waals surface area contributed by atoms with Crippen molar-refractivity contribution in [2.24, 2.45) is 11.8 Å². The molecule has 10 nitrogen and oxygen atoms in total. The van der Waals surface area contributed by atoms with Crippen LogP contribution in [0, 0.1) is 11.8 Å². The largest absolute Gasteiger partial charge is 0.489 e. The maximum Gasteiger partial charge on any atom is 0.391 e. The summed E-state index contributed by atoms with van der Waals surface area (Å²) in [5, 5.41) is 6.24. The molecule has 13 heteroatoms. The highest BCUT2D eigenvalue weighted by molar-refractivity contribution is 6.04. The summed E-state index contributed by atoms with van der Waals surface area (Å²) in [5.41, 5.74) is 1.02. The van der Waals surface area contributed by atoms with Gasteiger partial charge in [-0.3, -0.25) is 9.59 Å². The number of ether oxygens (including phenoxy) is 3. The fraction of sp³-hybridized carbons (Fsp3) is 0.467. The normalized spacial score (nSPS) is 22.3. The van der Waals surface area contributed by atoms with Crippen LogP contribution < -0.4 is 10.1 Å². The fourth-order valence-corrected chi connectivity index (χ4v) is 5.52. The van der Waals surface area contributed by atoms with Crippen LogP contribution in [0.5, 0.6) is 5.75 Å². The molecular formula is C30H33F3N4O6. The number of aromatic nitrogens is 2. The molecular weight excluding hydrogens is 569 g/mol. The van der Waals surface area contributed by atoms with Crippen molar-refractivity contribution in [3.05, 3.63) is 72.2 Å². The van der Waals surface area contributed by atoms with Crippen molar-refractivity contribution < 1.29 is 41.5 Å². The number of alkyl halides is 3. The average molecular weight is 603 g/mol. The molecule has 0 spiro atoms. The Morgan fingerprint density at radius 3 is 2.56 bits per heavy atom. The van der Waals surface area contributed by atoms with Gasteiger partial charge in [0.05, 0.1) is 24.7 Å². The average Bonchev–Trinajstić information content (AvgIpc) is 3.68. The Labute approximate surface area is 246 Å². The first-order valence-electron chi connectivity index (χ1n) is 14.2. The molecule has 3 aromatic rings.